The Morgan fingerprint density at radius 2 is 0.848 bits per heavy atom. The van der Waals surface area contributed by atoms with Gasteiger partial charge in [-0.15, -0.1) is 0 Å². The molecule has 0 radical (unpaired) electrons. The molecule has 0 saturated heterocycles. The summed E-state index contributed by atoms with van der Waals surface area (Å²) in [6.45, 7) is 15.2. The molecule has 0 aliphatic heterocycles. The Balaban J connectivity index is 4.73. The van der Waals surface area contributed by atoms with Crippen molar-refractivity contribution < 1.29 is 44.3 Å². The van der Waals surface area contributed by atoms with Crippen molar-refractivity contribution in [2.45, 2.75) is 86.9 Å². The van der Waals surface area contributed by atoms with Crippen molar-refractivity contribution in [3.05, 3.63) is 0 Å². The quantitative estimate of drug-likeness (QED) is 0.281. The maximum absolute atomic E-state index is 12.2. The summed E-state index contributed by atoms with van der Waals surface area (Å²) in [5, 5.41) is 0. The van der Waals surface area contributed by atoms with Crippen LogP contribution in [0.15, 0.2) is 0 Å². The summed E-state index contributed by atoms with van der Waals surface area (Å²) >= 11 is 0. The Kier molecular flexibility index (Phi) is 10.6. The highest BCUT2D eigenvalue weighted by Crippen LogP contribution is 2.24. The van der Waals surface area contributed by atoms with E-state index in [-0.39, 0.29) is 6.42 Å². The smallest absolute Gasteiger partial charge is 0.314 e. The summed E-state index contributed by atoms with van der Waals surface area (Å²) in [6.07, 6.45) is -0.287. The molecule has 33 heavy (non-hydrogen) atoms. The van der Waals surface area contributed by atoms with Gasteiger partial charge in [-0.25, -0.2) is 0 Å². The van der Waals surface area contributed by atoms with Crippen molar-refractivity contribution in [3.8, 4) is 0 Å². The molecule has 12 heteroatoms. The van der Waals surface area contributed by atoms with Gasteiger partial charge in [-0.3, -0.25) is 18.0 Å². The lowest BCUT2D eigenvalue weighted by molar-refractivity contribution is -0.168. The molecule has 0 aliphatic rings. The topological polar surface area (TPSA) is 139 Å². The molecule has 0 aliphatic carbocycles. The van der Waals surface area contributed by atoms with E-state index in [9.17, 15) is 26.4 Å². The van der Waals surface area contributed by atoms with Crippen LogP contribution in [0.2, 0.25) is 0 Å². The zero-order chi connectivity index (χ0) is 26.5. The SMILES string of the molecule is CC(C)(C)OC(=O)C(C)(C)COS(=O)(=O)CCCS(=O)(=O)OCC(C)(C)C(=O)OC(C)(C)C. The molecule has 10 nitrogen and oxygen atoms in total. The fourth-order valence-electron chi connectivity index (χ4n) is 1.95. The highest BCUT2D eigenvalue weighted by Gasteiger charge is 2.36. The van der Waals surface area contributed by atoms with Crippen LogP contribution in [0.25, 0.3) is 0 Å². The first-order chi connectivity index (χ1) is 14.4. The van der Waals surface area contributed by atoms with Crippen molar-refractivity contribution in [3.63, 3.8) is 0 Å². The summed E-state index contributed by atoms with van der Waals surface area (Å²) in [4.78, 5) is 24.4. The van der Waals surface area contributed by atoms with Crippen LogP contribution >= 0.6 is 0 Å². The molecule has 0 saturated carbocycles. The second-order valence-electron chi connectivity index (χ2n) is 11.2. The van der Waals surface area contributed by atoms with Gasteiger partial charge < -0.3 is 9.47 Å². The van der Waals surface area contributed by atoms with E-state index in [0.717, 1.165) is 0 Å². The van der Waals surface area contributed by atoms with Gasteiger partial charge in [0.1, 0.15) is 11.2 Å². The lowest BCUT2D eigenvalue weighted by atomic mass is 9.95. The normalized spacial score (nSPS) is 14.1. The van der Waals surface area contributed by atoms with Crippen molar-refractivity contribution in [2.24, 2.45) is 10.8 Å². The Labute approximate surface area is 198 Å². The summed E-state index contributed by atoms with van der Waals surface area (Å²) in [5.41, 5.74) is -3.91. The fraction of sp³-hybridized carbons (Fsp3) is 0.905. The molecule has 196 valence electrons. The van der Waals surface area contributed by atoms with E-state index >= 15 is 0 Å². The van der Waals surface area contributed by atoms with E-state index in [2.05, 4.69) is 0 Å². The van der Waals surface area contributed by atoms with Crippen molar-refractivity contribution in [1.29, 1.82) is 0 Å². The third kappa shape index (κ3) is 13.9. The predicted octanol–water partition coefficient (Wildman–Crippen LogP) is 2.81. The molecule has 0 amide bonds. The van der Waals surface area contributed by atoms with Crippen molar-refractivity contribution >= 4 is 32.2 Å². The zero-order valence-electron chi connectivity index (χ0n) is 21.4. The first kappa shape index (κ1) is 31.8. The van der Waals surface area contributed by atoms with Crippen LogP contribution in [0.4, 0.5) is 0 Å². The van der Waals surface area contributed by atoms with Gasteiger partial charge in [0.05, 0.1) is 35.5 Å². The number of ether oxygens (including phenoxy) is 2. The number of carbonyl (C=O) groups excluding carboxylic acids is 2. The molecular formula is C21H40O10S2. The van der Waals surface area contributed by atoms with E-state index < -0.39 is 78.9 Å². The first-order valence-electron chi connectivity index (χ1n) is 10.6. The molecule has 0 heterocycles. The molecule has 0 aromatic heterocycles. The van der Waals surface area contributed by atoms with Crippen LogP contribution in [0.1, 0.15) is 75.7 Å². The third-order valence-corrected chi connectivity index (χ3v) is 6.42. The molecule has 0 spiro atoms. The van der Waals surface area contributed by atoms with E-state index in [4.69, 9.17) is 17.8 Å². The summed E-state index contributed by atoms with van der Waals surface area (Å²) < 4.78 is 68.9. The summed E-state index contributed by atoms with van der Waals surface area (Å²) in [6, 6.07) is 0. The molecule has 0 N–H and O–H groups in total. The van der Waals surface area contributed by atoms with E-state index in [1.165, 1.54) is 27.7 Å². The Morgan fingerprint density at radius 3 is 1.09 bits per heavy atom. The van der Waals surface area contributed by atoms with Crippen LogP contribution < -0.4 is 0 Å². The summed E-state index contributed by atoms with van der Waals surface area (Å²) in [5.74, 6) is -2.41. The highest BCUT2D eigenvalue weighted by molar-refractivity contribution is 7.87. The molecular weight excluding hydrogens is 476 g/mol. The Hall–Kier alpha value is -1.24. The maximum atomic E-state index is 12.2. The van der Waals surface area contributed by atoms with Crippen molar-refractivity contribution in [1.82, 2.24) is 0 Å². The standard InChI is InChI=1S/C21H40O10S2/c1-18(2,3)30-16(22)20(7,8)14-28-32(24,25)12-11-13-33(26,27)29-15-21(9,10)17(23)31-19(4,5)6/h11-15H2,1-10H3. The third-order valence-electron chi connectivity index (χ3n) is 3.89. The molecule has 0 unspecified atom stereocenters. The molecule has 0 fully saturated rings. The van der Waals surface area contributed by atoms with Gasteiger partial charge in [0, 0.05) is 0 Å². The Bertz CT molecular complexity index is 812. The van der Waals surface area contributed by atoms with Gasteiger partial charge in [-0.1, -0.05) is 0 Å². The predicted molar refractivity (Wildman–Crippen MR) is 123 cm³/mol. The molecule has 0 rings (SSSR count). The lowest BCUT2D eigenvalue weighted by Gasteiger charge is -2.28. The van der Waals surface area contributed by atoms with Gasteiger partial charge in [-0.2, -0.15) is 16.8 Å². The molecule has 0 aromatic rings. The van der Waals surface area contributed by atoms with Crippen LogP contribution in [0, 0.1) is 10.8 Å². The van der Waals surface area contributed by atoms with Gasteiger partial charge >= 0.3 is 11.9 Å². The fourth-order valence-corrected chi connectivity index (χ4v) is 4.32. The summed E-state index contributed by atoms with van der Waals surface area (Å²) in [7, 11) is -8.19. The van der Waals surface area contributed by atoms with Crippen LogP contribution in [-0.2, 0) is 47.7 Å². The minimum atomic E-state index is -4.09. The zero-order valence-corrected chi connectivity index (χ0v) is 23.1. The minimum absolute atomic E-state index is 0.287. The van der Waals surface area contributed by atoms with Crippen LogP contribution in [-0.4, -0.2) is 64.7 Å². The highest BCUT2D eigenvalue weighted by atomic mass is 32.2. The monoisotopic (exact) mass is 516 g/mol. The second kappa shape index (κ2) is 11.0. The van der Waals surface area contributed by atoms with Gasteiger partial charge in [0.25, 0.3) is 20.2 Å². The average molecular weight is 517 g/mol. The van der Waals surface area contributed by atoms with Crippen molar-refractivity contribution in [2.75, 3.05) is 24.7 Å². The van der Waals surface area contributed by atoms with Crippen LogP contribution in [0.5, 0.6) is 0 Å². The van der Waals surface area contributed by atoms with Gasteiger partial charge in [-0.05, 0) is 75.7 Å². The number of hydrogen-bond acceptors (Lipinski definition) is 10. The number of esters is 2. The Morgan fingerprint density at radius 1 is 0.576 bits per heavy atom. The molecule has 0 aromatic carbocycles. The number of rotatable bonds is 12. The molecule has 0 atom stereocenters. The first-order valence-corrected chi connectivity index (χ1v) is 13.7. The largest absolute Gasteiger partial charge is 0.459 e. The number of hydrogen-bond donors (Lipinski definition) is 0. The van der Waals surface area contributed by atoms with Crippen LogP contribution in [0.3, 0.4) is 0 Å². The van der Waals surface area contributed by atoms with E-state index in [1.54, 1.807) is 41.5 Å². The lowest BCUT2D eigenvalue weighted by Crippen LogP contribution is -2.38. The number of carbonyl (C=O) groups is 2. The second-order valence-corrected chi connectivity index (χ2v) is 14.7. The van der Waals surface area contributed by atoms with Gasteiger partial charge in [0.15, 0.2) is 0 Å². The minimum Gasteiger partial charge on any atom is -0.459 e. The average Bonchev–Trinajstić information content (AvgIpc) is 2.55. The van der Waals surface area contributed by atoms with E-state index in [1.807, 2.05) is 0 Å². The molecule has 0 bridgehead atoms. The van der Waals surface area contributed by atoms with Gasteiger partial charge in [0.2, 0.25) is 0 Å². The maximum Gasteiger partial charge on any atom is 0.314 e. The van der Waals surface area contributed by atoms with E-state index in [0.29, 0.717) is 0 Å².